The molecule has 1 amide bonds. The molecule has 2 heterocycles. The monoisotopic (exact) mass is 254 g/mol. The Kier molecular flexibility index (Phi) is 4.58. The summed E-state index contributed by atoms with van der Waals surface area (Å²) in [5.74, 6) is -0.588. The lowest BCUT2D eigenvalue weighted by Crippen LogP contribution is -2.50. The fourth-order valence-electron chi connectivity index (χ4n) is 2.98. The Morgan fingerprint density at radius 2 is 2.06 bits per heavy atom. The zero-order valence-corrected chi connectivity index (χ0v) is 10.7. The fourth-order valence-corrected chi connectivity index (χ4v) is 2.98. The number of aliphatic carboxylic acids is 1. The highest BCUT2D eigenvalue weighted by molar-refractivity contribution is 5.82. The standard InChI is InChI=1S/C13H22N2O3/c16-12(17)7-6-10-4-1-2-9-15(10)13(18)11-5-3-8-14-11/h10-11,14H,1-9H2,(H,16,17)/t10?,11-/m0/s1. The van der Waals surface area contributed by atoms with Crippen molar-refractivity contribution in [2.75, 3.05) is 13.1 Å². The molecule has 2 fully saturated rings. The summed E-state index contributed by atoms with van der Waals surface area (Å²) >= 11 is 0. The predicted octanol–water partition coefficient (Wildman–Crippen LogP) is 0.984. The van der Waals surface area contributed by atoms with Crippen LogP contribution in [0.3, 0.4) is 0 Å². The van der Waals surface area contributed by atoms with Crippen LogP contribution in [0, 0.1) is 0 Å². The van der Waals surface area contributed by atoms with E-state index in [1.54, 1.807) is 0 Å². The first-order valence-electron chi connectivity index (χ1n) is 6.94. The Bertz CT molecular complexity index is 313. The molecule has 18 heavy (non-hydrogen) atoms. The molecule has 0 aliphatic carbocycles. The summed E-state index contributed by atoms with van der Waals surface area (Å²) in [5.41, 5.74) is 0. The first kappa shape index (κ1) is 13.3. The number of nitrogens with zero attached hydrogens (tertiary/aromatic N) is 1. The van der Waals surface area contributed by atoms with Crippen LogP contribution in [-0.4, -0.2) is 47.1 Å². The molecule has 0 bridgehead atoms. The molecular weight excluding hydrogens is 232 g/mol. The number of carbonyl (C=O) groups excluding carboxylic acids is 1. The van der Waals surface area contributed by atoms with Crippen molar-refractivity contribution in [1.29, 1.82) is 0 Å². The summed E-state index contributed by atoms with van der Waals surface area (Å²) < 4.78 is 0. The molecule has 2 saturated heterocycles. The van der Waals surface area contributed by atoms with Gasteiger partial charge in [0.25, 0.3) is 0 Å². The van der Waals surface area contributed by atoms with Crippen molar-refractivity contribution >= 4 is 11.9 Å². The van der Waals surface area contributed by atoms with Crippen LogP contribution < -0.4 is 5.32 Å². The normalized spacial score (nSPS) is 28.3. The molecule has 5 heteroatoms. The minimum Gasteiger partial charge on any atom is -0.481 e. The molecule has 0 radical (unpaired) electrons. The largest absolute Gasteiger partial charge is 0.481 e. The third-order valence-corrected chi connectivity index (χ3v) is 3.96. The zero-order chi connectivity index (χ0) is 13.0. The number of carboxylic acids is 1. The molecule has 2 aliphatic rings. The van der Waals surface area contributed by atoms with Crippen molar-refractivity contribution < 1.29 is 14.7 Å². The highest BCUT2D eigenvalue weighted by Crippen LogP contribution is 2.23. The van der Waals surface area contributed by atoms with Gasteiger partial charge < -0.3 is 15.3 Å². The Morgan fingerprint density at radius 3 is 2.72 bits per heavy atom. The van der Waals surface area contributed by atoms with E-state index >= 15 is 0 Å². The molecule has 102 valence electrons. The molecule has 2 N–H and O–H groups in total. The molecule has 0 saturated carbocycles. The maximum atomic E-state index is 12.4. The Hall–Kier alpha value is -1.10. The summed E-state index contributed by atoms with van der Waals surface area (Å²) in [6.45, 7) is 1.71. The zero-order valence-electron chi connectivity index (χ0n) is 10.7. The summed E-state index contributed by atoms with van der Waals surface area (Å²) in [7, 11) is 0. The van der Waals surface area contributed by atoms with Crippen molar-refractivity contribution in [1.82, 2.24) is 10.2 Å². The molecule has 5 nitrogen and oxygen atoms in total. The summed E-state index contributed by atoms with van der Waals surface area (Å²) in [5, 5.41) is 12.0. The van der Waals surface area contributed by atoms with Gasteiger partial charge in [-0.2, -0.15) is 0 Å². The second-order valence-corrected chi connectivity index (χ2v) is 5.26. The van der Waals surface area contributed by atoms with E-state index in [2.05, 4.69) is 5.32 Å². The molecule has 1 unspecified atom stereocenters. The number of nitrogens with one attached hydrogen (secondary N) is 1. The molecule has 2 rings (SSSR count). The average Bonchev–Trinajstić information content (AvgIpc) is 2.89. The molecule has 0 spiro atoms. The van der Waals surface area contributed by atoms with Crippen LogP contribution in [-0.2, 0) is 9.59 Å². The Morgan fingerprint density at radius 1 is 1.22 bits per heavy atom. The van der Waals surface area contributed by atoms with Crippen molar-refractivity contribution in [3.63, 3.8) is 0 Å². The minimum atomic E-state index is -0.771. The van der Waals surface area contributed by atoms with Gasteiger partial charge in [-0.1, -0.05) is 0 Å². The lowest BCUT2D eigenvalue weighted by atomic mass is 9.97. The van der Waals surface area contributed by atoms with Gasteiger partial charge in [-0.3, -0.25) is 9.59 Å². The Labute approximate surface area is 108 Å². The number of rotatable bonds is 4. The third-order valence-electron chi connectivity index (χ3n) is 3.96. The molecule has 0 aromatic heterocycles. The fraction of sp³-hybridized carbons (Fsp3) is 0.846. The van der Waals surface area contributed by atoms with E-state index in [4.69, 9.17) is 5.11 Å². The second kappa shape index (κ2) is 6.18. The first-order valence-corrected chi connectivity index (χ1v) is 6.94. The maximum Gasteiger partial charge on any atom is 0.303 e. The number of hydrogen-bond donors (Lipinski definition) is 2. The lowest BCUT2D eigenvalue weighted by Gasteiger charge is -2.37. The van der Waals surface area contributed by atoms with E-state index in [1.807, 2.05) is 4.90 Å². The number of amides is 1. The van der Waals surface area contributed by atoms with Gasteiger partial charge >= 0.3 is 5.97 Å². The summed E-state index contributed by atoms with van der Waals surface area (Å²) in [6.07, 6.45) is 5.82. The highest BCUT2D eigenvalue weighted by Gasteiger charge is 2.32. The average molecular weight is 254 g/mol. The van der Waals surface area contributed by atoms with Crippen molar-refractivity contribution in [2.45, 2.75) is 57.0 Å². The van der Waals surface area contributed by atoms with Gasteiger partial charge in [0.2, 0.25) is 5.91 Å². The molecule has 0 aromatic rings. The highest BCUT2D eigenvalue weighted by atomic mass is 16.4. The number of carbonyl (C=O) groups is 2. The predicted molar refractivity (Wildman–Crippen MR) is 67.2 cm³/mol. The van der Waals surface area contributed by atoms with Crippen LogP contribution in [0.5, 0.6) is 0 Å². The summed E-state index contributed by atoms with van der Waals surface area (Å²) in [4.78, 5) is 25.0. The summed E-state index contributed by atoms with van der Waals surface area (Å²) in [6, 6.07) is 0.0974. The molecule has 0 aromatic carbocycles. The van der Waals surface area contributed by atoms with Crippen LogP contribution in [0.4, 0.5) is 0 Å². The topological polar surface area (TPSA) is 69.6 Å². The van der Waals surface area contributed by atoms with Crippen LogP contribution in [0.25, 0.3) is 0 Å². The van der Waals surface area contributed by atoms with Crippen LogP contribution in [0.2, 0.25) is 0 Å². The van der Waals surface area contributed by atoms with Gasteiger partial charge in [-0.05, 0) is 45.1 Å². The van der Waals surface area contributed by atoms with E-state index in [9.17, 15) is 9.59 Å². The van der Waals surface area contributed by atoms with Gasteiger partial charge in [0.1, 0.15) is 0 Å². The van der Waals surface area contributed by atoms with Crippen molar-refractivity contribution in [2.24, 2.45) is 0 Å². The maximum absolute atomic E-state index is 12.4. The van der Waals surface area contributed by atoms with Gasteiger partial charge in [0.05, 0.1) is 6.04 Å². The third kappa shape index (κ3) is 3.22. The van der Waals surface area contributed by atoms with E-state index in [0.29, 0.717) is 6.42 Å². The van der Waals surface area contributed by atoms with Crippen molar-refractivity contribution in [3.8, 4) is 0 Å². The van der Waals surface area contributed by atoms with Gasteiger partial charge in [-0.25, -0.2) is 0 Å². The lowest BCUT2D eigenvalue weighted by molar-refractivity contribution is -0.140. The second-order valence-electron chi connectivity index (χ2n) is 5.26. The van der Waals surface area contributed by atoms with E-state index in [1.165, 1.54) is 0 Å². The number of piperidine rings is 1. The number of likely N-dealkylation sites (tertiary alicyclic amines) is 1. The quantitative estimate of drug-likeness (QED) is 0.785. The molecule has 2 atom stereocenters. The van der Waals surface area contributed by atoms with Crippen molar-refractivity contribution in [3.05, 3.63) is 0 Å². The van der Waals surface area contributed by atoms with Crippen LogP contribution in [0.1, 0.15) is 44.9 Å². The SMILES string of the molecule is O=C(O)CCC1CCCCN1C(=O)[C@@H]1CCCN1. The number of hydrogen-bond acceptors (Lipinski definition) is 3. The molecular formula is C13H22N2O3. The van der Waals surface area contributed by atoms with E-state index < -0.39 is 5.97 Å². The molecule has 2 aliphatic heterocycles. The van der Waals surface area contributed by atoms with Gasteiger partial charge in [0.15, 0.2) is 0 Å². The van der Waals surface area contributed by atoms with Crippen LogP contribution in [0.15, 0.2) is 0 Å². The number of carboxylic acid groups (broad SMARTS) is 1. The van der Waals surface area contributed by atoms with E-state index in [-0.39, 0.29) is 24.4 Å². The Balaban J connectivity index is 1.93. The van der Waals surface area contributed by atoms with Gasteiger partial charge in [-0.15, -0.1) is 0 Å². The first-order chi connectivity index (χ1) is 8.68. The minimum absolute atomic E-state index is 0.0320. The van der Waals surface area contributed by atoms with Crippen LogP contribution >= 0.6 is 0 Å². The van der Waals surface area contributed by atoms with Gasteiger partial charge in [0, 0.05) is 19.0 Å². The van der Waals surface area contributed by atoms with E-state index in [0.717, 1.165) is 45.2 Å². The smallest absolute Gasteiger partial charge is 0.303 e.